The predicted molar refractivity (Wildman–Crippen MR) is 61.2 cm³/mol. The Hall–Kier alpha value is -1.36. The van der Waals surface area contributed by atoms with E-state index in [1.54, 1.807) is 43.3 Å². The Morgan fingerprint density at radius 2 is 1.87 bits per heavy atom. The number of sulfonamides is 1. The Labute approximate surface area is 90.3 Å². The summed E-state index contributed by atoms with van der Waals surface area (Å²) in [5.74, 6) is -0.0574. The molecule has 5 heteroatoms. The van der Waals surface area contributed by atoms with E-state index in [2.05, 4.69) is 4.40 Å². The van der Waals surface area contributed by atoms with Crippen LogP contribution in [0.3, 0.4) is 0 Å². The van der Waals surface area contributed by atoms with Crippen LogP contribution in [0.4, 0.5) is 0 Å². The SMILES string of the molecule is CN(C)/C=N/S(=O)(=O)Cc1ccccc1. The second-order valence-corrected chi connectivity index (χ2v) is 5.06. The van der Waals surface area contributed by atoms with Gasteiger partial charge in [0.1, 0.15) is 6.34 Å². The van der Waals surface area contributed by atoms with Crippen LogP contribution < -0.4 is 0 Å². The van der Waals surface area contributed by atoms with Crippen molar-refractivity contribution in [2.45, 2.75) is 5.75 Å². The first-order valence-electron chi connectivity index (χ1n) is 4.48. The second-order valence-electron chi connectivity index (χ2n) is 3.40. The highest BCUT2D eigenvalue weighted by molar-refractivity contribution is 7.89. The zero-order valence-corrected chi connectivity index (χ0v) is 9.61. The Bertz CT molecular complexity index is 424. The lowest BCUT2D eigenvalue weighted by Gasteiger charge is -2.03. The number of benzene rings is 1. The third-order valence-corrected chi connectivity index (χ3v) is 2.74. The smallest absolute Gasteiger partial charge is 0.258 e. The van der Waals surface area contributed by atoms with Gasteiger partial charge in [0.05, 0.1) is 5.75 Å². The highest BCUT2D eigenvalue weighted by Crippen LogP contribution is 2.06. The third kappa shape index (κ3) is 4.60. The van der Waals surface area contributed by atoms with Crippen molar-refractivity contribution in [2.75, 3.05) is 14.1 Å². The molecule has 0 N–H and O–H groups in total. The van der Waals surface area contributed by atoms with E-state index in [4.69, 9.17) is 0 Å². The molecule has 0 bridgehead atoms. The van der Waals surface area contributed by atoms with Gasteiger partial charge in [-0.2, -0.15) is 4.40 Å². The first kappa shape index (κ1) is 11.7. The molecule has 0 radical (unpaired) electrons. The largest absolute Gasteiger partial charge is 0.368 e. The molecule has 0 saturated carbocycles. The molecule has 4 nitrogen and oxygen atoms in total. The Morgan fingerprint density at radius 3 is 2.40 bits per heavy atom. The molecule has 1 aromatic rings. The number of hydrogen-bond acceptors (Lipinski definition) is 2. The fourth-order valence-electron chi connectivity index (χ4n) is 0.988. The highest BCUT2D eigenvalue weighted by atomic mass is 32.2. The van der Waals surface area contributed by atoms with Gasteiger partial charge in [-0.1, -0.05) is 30.3 Å². The molecule has 0 aromatic heterocycles. The summed E-state index contributed by atoms with van der Waals surface area (Å²) in [6.07, 6.45) is 1.29. The van der Waals surface area contributed by atoms with Crippen LogP contribution in [0.5, 0.6) is 0 Å². The molecule has 0 saturated heterocycles. The van der Waals surface area contributed by atoms with Crippen molar-refractivity contribution < 1.29 is 8.42 Å². The van der Waals surface area contributed by atoms with Crippen LogP contribution in [0.1, 0.15) is 5.56 Å². The summed E-state index contributed by atoms with van der Waals surface area (Å²) in [6, 6.07) is 8.99. The molecule has 0 atom stereocenters. The quantitative estimate of drug-likeness (QED) is 0.570. The van der Waals surface area contributed by atoms with Crippen molar-refractivity contribution in [1.82, 2.24) is 4.90 Å². The third-order valence-electron chi connectivity index (χ3n) is 1.63. The molecule has 15 heavy (non-hydrogen) atoms. The summed E-state index contributed by atoms with van der Waals surface area (Å²) in [4.78, 5) is 1.59. The van der Waals surface area contributed by atoms with Crippen molar-refractivity contribution in [3.8, 4) is 0 Å². The molecule has 82 valence electrons. The topological polar surface area (TPSA) is 49.7 Å². The van der Waals surface area contributed by atoms with Crippen molar-refractivity contribution in [3.63, 3.8) is 0 Å². The van der Waals surface area contributed by atoms with Crippen LogP contribution in [-0.2, 0) is 15.8 Å². The average molecular weight is 226 g/mol. The summed E-state index contributed by atoms with van der Waals surface area (Å²) in [5.41, 5.74) is 0.744. The lowest BCUT2D eigenvalue weighted by Crippen LogP contribution is -2.10. The van der Waals surface area contributed by atoms with Gasteiger partial charge in [0.25, 0.3) is 10.0 Å². The molecule has 0 aliphatic heterocycles. The van der Waals surface area contributed by atoms with Crippen molar-refractivity contribution >= 4 is 16.4 Å². The maximum absolute atomic E-state index is 11.5. The first-order valence-corrected chi connectivity index (χ1v) is 6.09. The second kappa shape index (κ2) is 4.93. The average Bonchev–Trinajstić information content (AvgIpc) is 2.16. The summed E-state index contributed by atoms with van der Waals surface area (Å²) in [5, 5.41) is 0. The van der Waals surface area contributed by atoms with E-state index in [1.807, 2.05) is 6.07 Å². The molecule has 0 fully saturated rings. The standard InChI is InChI=1S/C10H14N2O2S/c1-12(2)9-11-15(13,14)8-10-6-4-3-5-7-10/h3-7,9H,8H2,1-2H3/b11-9+. The summed E-state index contributed by atoms with van der Waals surface area (Å²) < 4.78 is 26.5. The Morgan fingerprint density at radius 1 is 1.27 bits per heavy atom. The van der Waals surface area contributed by atoms with Crippen LogP contribution in [0.15, 0.2) is 34.7 Å². The molecule has 0 aliphatic carbocycles. The predicted octanol–water partition coefficient (Wildman–Crippen LogP) is 1.11. The number of nitrogens with zero attached hydrogens (tertiary/aromatic N) is 2. The maximum atomic E-state index is 11.5. The van der Waals surface area contributed by atoms with E-state index >= 15 is 0 Å². The Balaban J connectivity index is 2.74. The van der Waals surface area contributed by atoms with Crippen LogP contribution in [0.25, 0.3) is 0 Å². The minimum atomic E-state index is -3.40. The summed E-state index contributed by atoms with van der Waals surface area (Å²) >= 11 is 0. The maximum Gasteiger partial charge on any atom is 0.258 e. The lowest BCUT2D eigenvalue weighted by atomic mass is 10.2. The van der Waals surface area contributed by atoms with E-state index < -0.39 is 10.0 Å². The van der Waals surface area contributed by atoms with Gasteiger partial charge in [0.15, 0.2) is 0 Å². The van der Waals surface area contributed by atoms with E-state index in [0.29, 0.717) is 0 Å². The van der Waals surface area contributed by atoms with Crippen molar-refractivity contribution in [3.05, 3.63) is 35.9 Å². The zero-order valence-electron chi connectivity index (χ0n) is 8.79. The molecule has 0 spiro atoms. The lowest BCUT2D eigenvalue weighted by molar-refractivity contribution is 0.594. The minimum Gasteiger partial charge on any atom is -0.368 e. The molecular weight excluding hydrogens is 212 g/mol. The minimum absolute atomic E-state index is 0.0574. The van der Waals surface area contributed by atoms with Crippen LogP contribution in [0, 0.1) is 0 Å². The van der Waals surface area contributed by atoms with E-state index in [9.17, 15) is 8.42 Å². The molecule has 0 heterocycles. The summed E-state index contributed by atoms with van der Waals surface area (Å²) in [7, 11) is 0.0456. The first-order chi connectivity index (χ1) is 6.99. The molecule has 0 unspecified atom stereocenters. The van der Waals surface area contributed by atoms with Crippen LogP contribution in [-0.4, -0.2) is 33.8 Å². The van der Waals surface area contributed by atoms with Crippen molar-refractivity contribution in [2.24, 2.45) is 4.40 Å². The van der Waals surface area contributed by atoms with Gasteiger partial charge in [-0.3, -0.25) is 0 Å². The van der Waals surface area contributed by atoms with Crippen molar-refractivity contribution in [1.29, 1.82) is 0 Å². The van der Waals surface area contributed by atoms with E-state index in [0.717, 1.165) is 5.56 Å². The number of rotatable bonds is 4. The normalized spacial score (nSPS) is 11.9. The van der Waals surface area contributed by atoms with Gasteiger partial charge in [-0.15, -0.1) is 0 Å². The van der Waals surface area contributed by atoms with Gasteiger partial charge >= 0.3 is 0 Å². The summed E-state index contributed by atoms with van der Waals surface area (Å²) in [6.45, 7) is 0. The highest BCUT2D eigenvalue weighted by Gasteiger charge is 2.08. The zero-order chi connectivity index (χ0) is 11.3. The van der Waals surface area contributed by atoms with Crippen LogP contribution >= 0.6 is 0 Å². The fraction of sp³-hybridized carbons (Fsp3) is 0.300. The molecular formula is C10H14N2O2S. The molecule has 1 aromatic carbocycles. The van der Waals surface area contributed by atoms with Gasteiger partial charge < -0.3 is 4.90 Å². The fourth-order valence-corrected chi connectivity index (χ4v) is 2.01. The monoisotopic (exact) mass is 226 g/mol. The van der Waals surface area contributed by atoms with Crippen LogP contribution in [0.2, 0.25) is 0 Å². The Kier molecular flexibility index (Phi) is 3.85. The van der Waals surface area contributed by atoms with Gasteiger partial charge in [0.2, 0.25) is 0 Å². The molecule has 0 aliphatic rings. The van der Waals surface area contributed by atoms with Gasteiger partial charge in [0, 0.05) is 14.1 Å². The molecule has 1 rings (SSSR count). The van der Waals surface area contributed by atoms with E-state index in [1.165, 1.54) is 6.34 Å². The van der Waals surface area contributed by atoms with Gasteiger partial charge in [-0.05, 0) is 5.56 Å². The number of hydrogen-bond donors (Lipinski definition) is 0. The van der Waals surface area contributed by atoms with Gasteiger partial charge in [-0.25, -0.2) is 8.42 Å². The molecule has 0 amide bonds. The van der Waals surface area contributed by atoms with E-state index in [-0.39, 0.29) is 5.75 Å².